The fourth-order valence-electron chi connectivity index (χ4n) is 2.69. The van der Waals surface area contributed by atoms with Crippen LogP contribution in [0.25, 0.3) is 16.3 Å². The third-order valence-electron chi connectivity index (χ3n) is 4.11. The number of aromatic nitrogens is 3. The van der Waals surface area contributed by atoms with Crippen LogP contribution in [0.15, 0.2) is 33.2 Å². The summed E-state index contributed by atoms with van der Waals surface area (Å²) in [5.74, 6) is -1.81. The monoisotopic (exact) mass is 477 g/mol. The lowest BCUT2D eigenvalue weighted by Gasteiger charge is -2.15. The molecule has 31 heavy (non-hydrogen) atoms. The van der Waals surface area contributed by atoms with Crippen LogP contribution in [0.5, 0.6) is 0 Å². The van der Waals surface area contributed by atoms with Gasteiger partial charge in [-0.1, -0.05) is 11.6 Å². The lowest BCUT2D eigenvalue weighted by Crippen LogP contribution is -2.41. The molecule has 0 saturated carbocycles. The minimum absolute atomic E-state index is 0.0357. The number of esters is 1. The van der Waals surface area contributed by atoms with Crippen molar-refractivity contribution in [3.63, 3.8) is 0 Å². The third-order valence-corrected chi connectivity index (χ3v) is 5.30. The first-order chi connectivity index (χ1) is 14.5. The Hall–Kier alpha value is -2.99. The van der Waals surface area contributed by atoms with Crippen LogP contribution in [-0.4, -0.2) is 26.7 Å². The number of nitrogens with zero attached hydrogens (tertiary/aromatic N) is 3. The van der Waals surface area contributed by atoms with E-state index >= 15 is 0 Å². The highest BCUT2D eigenvalue weighted by atomic mass is 35.5. The summed E-state index contributed by atoms with van der Waals surface area (Å²) < 4.78 is 59.0. The van der Waals surface area contributed by atoms with Crippen molar-refractivity contribution in [2.45, 2.75) is 13.1 Å². The summed E-state index contributed by atoms with van der Waals surface area (Å²) in [7, 11) is 0.808. The maximum absolute atomic E-state index is 14.6. The second-order valence-corrected chi connectivity index (χ2v) is 7.35. The first kappa shape index (κ1) is 22.7. The second kappa shape index (κ2) is 8.27. The molecule has 13 heteroatoms. The summed E-state index contributed by atoms with van der Waals surface area (Å²) in [6.45, 7) is 1.73. The van der Waals surface area contributed by atoms with Crippen molar-refractivity contribution in [3.8, 4) is 16.3 Å². The molecule has 0 N–H and O–H groups in total. The maximum atomic E-state index is 14.6. The zero-order chi connectivity index (χ0) is 23.1. The van der Waals surface area contributed by atoms with Gasteiger partial charge in [-0.05, 0) is 19.1 Å². The number of ether oxygens (including phenoxy) is 1. The number of benzene rings is 1. The van der Waals surface area contributed by atoms with Gasteiger partial charge in [-0.2, -0.15) is 13.2 Å². The average molecular weight is 478 g/mol. The molecule has 0 spiro atoms. The van der Waals surface area contributed by atoms with Crippen LogP contribution < -0.4 is 11.2 Å². The van der Waals surface area contributed by atoms with Gasteiger partial charge in [-0.25, -0.2) is 23.5 Å². The summed E-state index contributed by atoms with van der Waals surface area (Å²) in [6.07, 6.45) is -4.96. The predicted molar refractivity (Wildman–Crippen MR) is 104 cm³/mol. The molecule has 7 nitrogen and oxygen atoms in total. The smallest absolute Gasteiger partial charge is 0.431 e. The summed E-state index contributed by atoms with van der Waals surface area (Å²) in [4.78, 5) is 40.6. The molecule has 3 aromatic rings. The van der Waals surface area contributed by atoms with Gasteiger partial charge in [0.15, 0.2) is 5.69 Å². The zero-order valence-corrected chi connectivity index (χ0v) is 17.4. The van der Waals surface area contributed by atoms with Crippen LogP contribution in [-0.2, 0) is 18.0 Å². The van der Waals surface area contributed by atoms with Crippen molar-refractivity contribution < 1.29 is 27.1 Å². The number of halogens is 5. The summed E-state index contributed by atoms with van der Waals surface area (Å²) in [6, 6.07) is 1.99. The lowest BCUT2D eigenvalue weighted by atomic mass is 10.2. The third kappa shape index (κ3) is 4.26. The highest BCUT2D eigenvalue weighted by molar-refractivity contribution is 7.13. The van der Waals surface area contributed by atoms with Gasteiger partial charge in [0, 0.05) is 24.1 Å². The van der Waals surface area contributed by atoms with Crippen LogP contribution in [0.3, 0.4) is 0 Å². The van der Waals surface area contributed by atoms with Gasteiger partial charge in [-0.15, -0.1) is 11.3 Å². The molecule has 2 heterocycles. The number of carbonyl (C=O) groups excluding carboxylic acids is 1. The van der Waals surface area contributed by atoms with E-state index in [1.54, 1.807) is 6.92 Å². The van der Waals surface area contributed by atoms with E-state index in [1.807, 2.05) is 0 Å². The van der Waals surface area contributed by atoms with Gasteiger partial charge in [0.2, 0.25) is 0 Å². The molecular weight excluding hydrogens is 466 g/mol. The molecule has 3 rings (SSSR count). The van der Waals surface area contributed by atoms with E-state index < -0.39 is 40.6 Å². The Morgan fingerprint density at radius 3 is 2.55 bits per heavy atom. The fraction of sp³-hybridized carbons (Fsp3) is 0.222. The first-order valence-electron chi connectivity index (χ1n) is 8.48. The molecule has 0 fully saturated rings. The summed E-state index contributed by atoms with van der Waals surface area (Å²) in [5.41, 5.74) is -4.86. The Balaban J connectivity index is 2.20. The van der Waals surface area contributed by atoms with Gasteiger partial charge < -0.3 is 4.74 Å². The predicted octanol–water partition coefficient (Wildman–Crippen LogP) is 3.65. The van der Waals surface area contributed by atoms with E-state index in [2.05, 4.69) is 4.98 Å². The van der Waals surface area contributed by atoms with Crippen molar-refractivity contribution in [1.29, 1.82) is 0 Å². The van der Waals surface area contributed by atoms with Crippen LogP contribution >= 0.6 is 22.9 Å². The van der Waals surface area contributed by atoms with Gasteiger partial charge in [-0.3, -0.25) is 9.36 Å². The van der Waals surface area contributed by atoms with E-state index in [0.717, 1.165) is 30.5 Å². The Bertz CT molecular complexity index is 1300. The highest BCUT2D eigenvalue weighted by Gasteiger charge is 2.35. The molecule has 0 aliphatic carbocycles. The van der Waals surface area contributed by atoms with Crippen LogP contribution in [0.2, 0.25) is 5.02 Å². The normalized spacial score (nSPS) is 11.6. The molecule has 0 saturated heterocycles. The van der Waals surface area contributed by atoms with Crippen molar-refractivity contribution in [2.24, 2.45) is 7.05 Å². The van der Waals surface area contributed by atoms with E-state index in [9.17, 15) is 31.9 Å². The number of hydrogen-bond donors (Lipinski definition) is 0. The lowest BCUT2D eigenvalue weighted by molar-refractivity contribution is -0.144. The van der Waals surface area contributed by atoms with Crippen molar-refractivity contribution in [2.75, 3.05) is 6.61 Å². The summed E-state index contributed by atoms with van der Waals surface area (Å²) >= 11 is 7.02. The molecule has 0 radical (unpaired) electrons. The Kier molecular flexibility index (Phi) is 6.05. The molecule has 2 aromatic heterocycles. The standard InChI is InChI=1S/C18H12ClF4N3O4S/c1-3-30-16(28)11-7-31-15(24-11)8-4-12(10(20)5-9(8)19)26-14(27)6-13(18(21,22)23)25(2)17(26)29/h4-7H,3H2,1-2H3. The largest absolute Gasteiger partial charge is 0.461 e. The molecule has 0 unspecified atom stereocenters. The minimum atomic E-state index is -4.96. The molecule has 0 aliphatic rings. The number of alkyl halides is 3. The molecular formula is C18H12ClF4N3O4S. The SMILES string of the molecule is CCOC(=O)c1csc(-c2cc(-n3c(=O)cc(C(F)(F)F)n(C)c3=O)c(F)cc2Cl)n1. The number of carbonyl (C=O) groups is 1. The summed E-state index contributed by atoms with van der Waals surface area (Å²) in [5, 5.41) is 1.37. The molecule has 0 amide bonds. The van der Waals surface area contributed by atoms with Crippen molar-refractivity contribution in [1.82, 2.24) is 14.1 Å². The van der Waals surface area contributed by atoms with Gasteiger partial charge >= 0.3 is 17.8 Å². The Morgan fingerprint density at radius 1 is 1.26 bits per heavy atom. The first-order valence-corrected chi connectivity index (χ1v) is 9.74. The van der Waals surface area contributed by atoms with Crippen LogP contribution in [0.1, 0.15) is 23.1 Å². The Labute approximate surface area is 180 Å². The topological polar surface area (TPSA) is 83.2 Å². The fourth-order valence-corrected chi connectivity index (χ4v) is 3.80. The van der Waals surface area contributed by atoms with Crippen LogP contribution in [0.4, 0.5) is 17.6 Å². The van der Waals surface area contributed by atoms with Crippen LogP contribution in [0, 0.1) is 5.82 Å². The van der Waals surface area contributed by atoms with E-state index in [0.29, 0.717) is 0 Å². The average Bonchev–Trinajstić information content (AvgIpc) is 3.15. The van der Waals surface area contributed by atoms with E-state index in [-0.39, 0.29) is 43.1 Å². The van der Waals surface area contributed by atoms with Crippen molar-refractivity contribution >= 4 is 28.9 Å². The second-order valence-electron chi connectivity index (χ2n) is 6.08. The number of hydrogen-bond acceptors (Lipinski definition) is 6. The maximum Gasteiger partial charge on any atom is 0.431 e. The molecule has 0 atom stereocenters. The quantitative estimate of drug-likeness (QED) is 0.423. The molecule has 0 bridgehead atoms. The van der Waals surface area contributed by atoms with Crippen molar-refractivity contribution in [3.05, 3.63) is 66.6 Å². The number of thiazole rings is 1. The van der Waals surface area contributed by atoms with Gasteiger partial charge in [0.1, 0.15) is 16.5 Å². The molecule has 164 valence electrons. The highest BCUT2D eigenvalue weighted by Crippen LogP contribution is 2.34. The Morgan fingerprint density at radius 2 is 1.94 bits per heavy atom. The number of rotatable bonds is 4. The minimum Gasteiger partial charge on any atom is -0.461 e. The zero-order valence-electron chi connectivity index (χ0n) is 15.8. The van der Waals surface area contributed by atoms with E-state index in [1.165, 1.54) is 5.38 Å². The molecule has 0 aliphatic heterocycles. The van der Waals surface area contributed by atoms with Gasteiger partial charge in [0.05, 0.1) is 17.3 Å². The van der Waals surface area contributed by atoms with E-state index in [4.69, 9.17) is 16.3 Å². The van der Waals surface area contributed by atoms with Gasteiger partial charge in [0.25, 0.3) is 5.56 Å². The molecule has 1 aromatic carbocycles.